The number of alkyl halides is 3. The molecule has 0 aliphatic carbocycles. The van der Waals surface area contributed by atoms with E-state index in [-0.39, 0.29) is 11.7 Å². The van der Waals surface area contributed by atoms with Crippen molar-refractivity contribution in [1.29, 1.82) is 0 Å². The quantitative estimate of drug-likeness (QED) is 0.840. The van der Waals surface area contributed by atoms with E-state index in [1.165, 1.54) is 12.1 Å². The van der Waals surface area contributed by atoms with Gasteiger partial charge in [0.05, 0.1) is 5.56 Å². The number of nitrogen functional groups attached to an aromatic ring is 1. The highest BCUT2D eigenvalue weighted by Gasteiger charge is 2.31. The van der Waals surface area contributed by atoms with E-state index < -0.39 is 11.7 Å². The number of carbonyl (C=O) groups excluding carboxylic acids is 1. The largest absolute Gasteiger partial charge is 0.416 e. The van der Waals surface area contributed by atoms with Crippen LogP contribution in [0.1, 0.15) is 34.3 Å². The van der Waals surface area contributed by atoms with Gasteiger partial charge in [-0.25, -0.2) is 4.98 Å². The molecular weight excluding hydrogens is 343 g/mol. The van der Waals surface area contributed by atoms with Crippen LogP contribution in [0, 0.1) is 5.92 Å². The normalized spacial score (nSPS) is 18.7. The number of pyridine rings is 1. The molecule has 1 aromatic carbocycles. The van der Waals surface area contributed by atoms with Gasteiger partial charge >= 0.3 is 6.18 Å². The van der Waals surface area contributed by atoms with Crippen molar-refractivity contribution in [1.82, 2.24) is 9.88 Å². The van der Waals surface area contributed by atoms with E-state index in [2.05, 4.69) is 9.88 Å². The third-order valence-electron chi connectivity index (χ3n) is 4.69. The highest BCUT2D eigenvalue weighted by atomic mass is 19.4. The molecule has 0 amide bonds. The molecule has 1 aromatic heterocycles. The number of hydrogen-bond acceptors (Lipinski definition) is 4. The molecule has 3 rings (SSSR count). The van der Waals surface area contributed by atoms with Crippen molar-refractivity contribution in [2.24, 2.45) is 5.92 Å². The third-order valence-corrected chi connectivity index (χ3v) is 4.69. The second kappa shape index (κ2) is 7.45. The number of aromatic nitrogens is 1. The predicted molar refractivity (Wildman–Crippen MR) is 92.4 cm³/mol. The lowest BCUT2D eigenvalue weighted by Gasteiger charge is -2.32. The second-order valence-corrected chi connectivity index (χ2v) is 6.56. The molecule has 1 atom stereocenters. The second-order valence-electron chi connectivity index (χ2n) is 6.56. The summed E-state index contributed by atoms with van der Waals surface area (Å²) in [7, 11) is 0. The van der Waals surface area contributed by atoms with Crippen LogP contribution >= 0.6 is 0 Å². The maximum absolute atomic E-state index is 12.7. The van der Waals surface area contributed by atoms with E-state index in [1.54, 1.807) is 6.20 Å². The SMILES string of the molecule is Nc1ncccc1CN1CCCC(C(=O)c2ccc(C(F)(F)F)cc2)C1. The molecule has 0 bridgehead atoms. The number of nitrogens with zero attached hydrogens (tertiary/aromatic N) is 2. The van der Waals surface area contributed by atoms with Gasteiger partial charge in [-0.1, -0.05) is 18.2 Å². The van der Waals surface area contributed by atoms with Gasteiger partial charge in [-0.2, -0.15) is 13.2 Å². The first kappa shape index (κ1) is 18.4. The Morgan fingerprint density at radius 3 is 2.62 bits per heavy atom. The molecule has 1 aliphatic heterocycles. The number of ketones is 1. The fourth-order valence-electron chi connectivity index (χ4n) is 3.30. The standard InChI is InChI=1S/C19H20F3N3O/c20-19(21,22)16-7-5-13(6-8-16)17(26)14-4-2-10-25(11-14)12-15-3-1-9-24-18(15)23/h1,3,5-9,14H,2,4,10-12H2,(H2,23,24). The summed E-state index contributed by atoms with van der Waals surface area (Å²) < 4.78 is 38.0. The number of piperidine rings is 1. The molecule has 2 aromatic rings. The molecule has 0 spiro atoms. The van der Waals surface area contributed by atoms with Crippen LogP contribution in [0.25, 0.3) is 0 Å². The molecule has 1 fully saturated rings. The van der Waals surface area contributed by atoms with E-state index in [9.17, 15) is 18.0 Å². The van der Waals surface area contributed by atoms with Crippen LogP contribution in [0.15, 0.2) is 42.6 Å². The Morgan fingerprint density at radius 2 is 1.96 bits per heavy atom. The van der Waals surface area contributed by atoms with Crippen molar-refractivity contribution in [3.8, 4) is 0 Å². The zero-order chi connectivity index (χ0) is 18.7. The van der Waals surface area contributed by atoms with Gasteiger partial charge in [0.25, 0.3) is 0 Å². The number of hydrogen-bond donors (Lipinski definition) is 1. The zero-order valence-corrected chi connectivity index (χ0v) is 14.2. The number of Topliss-reactive ketones (excluding diaryl/α,β-unsaturated/α-hetero) is 1. The minimum Gasteiger partial charge on any atom is -0.383 e. The van der Waals surface area contributed by atoms with Crippen molar-refractivity contribution >= 4 is 11.6 Å². The molecule has 2 heterocycles. The molecule has 138 valence electrons. The van der Waals surface area contributed by atoms with E-state index in [0.717, 1.165) is 37.1 Å². The average molecular weight is 363 g/mol. The zero-order valence-electron chi connectivity index (χ0n) is 14.2. The number of anilines is 1. The number of carbonyl (C=O) groups is 1. The first-order valence-corrected chi connectivity index (χ1v) is 8.48. The van der Waals surface area contributed by atoms with E-state index >= 15 is 0 Å². The van der Waals surface area contributed by atoms with Crippen molar-refractivity contribution < 1.29 is 18.0 Å². The van der Waals surface area contributed by atoms with Crippen LogP contribution in [-0.2, 0) is 12.7 Å². The van der Waals surface area contributed by atoms with E-state index in [4.69, 9.17) is 5.73 Å². The molecule has 1 aliphatic rings. The molecule has 7 heteroatoms. The van der Waals surface area contributed by atoms with Crippen LogP contribution in [0.2, 0.25) is 0 Å². The Kier molecular flexibility index (Phi) is 5.27. The number of nitrogens with two attached hydrogens (primary N) is 1. The lowest BCUT2D eigenvalue weighted by molar-refractivity contribution is -0.137. The molecule has 0 saturated carbocycles. The van der Waals surface area contributed by atoms with Gasteiger partial charge in [0.2, 0.25) is 0 Å². The van der Waals surface area contributed by atoms with E-state index in [1.807, 2.05) is 12.1 Å². The topological polar surface area (TPSA) is 59.2 Å². The van der Waals surface area contributed by atoms with Crippen molar-refractivity contribution in [3.63, 3.8) is 0 Å². The highest BCUT2D eigenvalue weighted by Crippen LogP contribution is 2.30. The van der Waals surface area contributed by atoms with Crippen LogP contribution in [0.3, 0.4) is 0 Å². The number of halogens is 3. The highest BCUT2D eigenvalue weighted by molar-refractivity contribution is 5.98. The minimum absolute atomic E-state index is 0.109. The molecular formula is C19H20F3N3O. The number of likely N-dealkylation sites (tertiary alicyclic amines) is 1. The van der Waals surface area contributed by atoms with Gasteiger partial charge in [-0.05, 0) is 37.6 Å². The molecule has 1 saturated heterocycles. The maximum atomic E-state index is 12.7. The Hall–Kier alpha value is -2.41. The minimum atomic E-state index is -4.40. The fraction of sp³-hybridized carbons (Fsp3) is 0.368. The van der Waals surface area contributed by atoms with E-state index in [0.29, 0.717) is 24.5 Å². The van der Waals surface area contributed by atoms with Crippen LogP contribution < -0.4 is 5.73 Å². The van der Waals surface area contributed by atoms with Gasteiger partial charge in [0.1, 0.15) is 5.82 Å². The number of rotatable bonds is 4. The Bertz CT molecular complexity index is 774. The molecule has 4 nitrogen and oxygen atoms in total. The van der Waals surface area contributed by atoms with Crippen molar-refractivity contribution in [2.45, 2.75) is 25.6 Å². The lowest BCUT2D eigenvalue weighted by atomic mass is 9.89. The van der Waals surface area contributed by atoms with Crippen LogP contribution in [-0.4, -0.2) is 28.8 Å². The number of benzene rings is 1. The lowest BCUT2D eigenvalue weighted by Crippen LogP contribution is -2.38. The van der Waals surface area contributed by atoms with Gasteiger partial charge in [0, 0.05) is 36.3 Å². The Balaban J connectivity index is 1.67. The summed E-state index contributed by atoms with van der Waals surface area (Å²) in [5.41, 5.74) is 6.37. The van der Waals surface area contributed by atoms with Gasteiger partial charge in [-0.15, -0.1) is 0 Å². The summed E-state index contributed by atoms with van der Waals surface area (Å²) in [4.78, 5) is 18.9. The summed E-state index contributed by atoms with van der Waals surface area (Å²) in [5.74, 6) is 0.143. The van der Waals surface area contributed by atoms with Gasteiger partial charge < -0.3 is 5.73 Å². The Labute approximate surface area is 149 Å². The summed E-state index contributed by atoms with van der Waals surface area (Å²) in [5, 5.41) is 0. The monoisotopic (exact) mass is 363 g/mol. The van der Waals surface area contributed by atoms with Crippen molar-refractivity contribution in [3.05, 3.63) is 59.3 Å². The van der Waals surface area contributed by atoms with Crippen LogP contribution in [0.5, 0.6) is 0 Å². The summed E-state index contributed by atoms with van der Waals surface area (Å²) in [6.07, 6.45) is -1.17. The molecule has 26 heavy (non-hydrogen) atoms. The fourth-order valence-corrected chi connectivity index (χ4v) is 3.30. The third kappa shape index (κ3) is 4.22. The Morgan fingerprint density at radius 1 is 1.23 bits per heavy atom. The van der Waals surface area contributed by atoms with Gasteiger partial charge in [-0.3, -0.25) is 9.69 Å². The van der Waals surface area contributed by atoms with Crippen LogP contribution in [0.4, 0.5) is 19.0 Å². The summed E-state index contributed by atoms with van der Waals surface area (Å²) >= 11 is 0. The molecule has 0 radical (unpaired) electrons. The van der Waals surface area contributed by atoms with Gasteiger partial charge in [0.15, 0.2) is 5.78 Å². The summed E-state index contributed by atoms with van der Waals surface area (Å²) in [6, 6.07) is 8.19. The molecule has 1 unspecified atom stereocenters. The smallest absolute Gasteiger partial charge is 0.383 e. The first-order valence-electron chi connectivity index (χ1n) is 8.48. The average Bonchev–Trinajstić information content (AvgIpc) is 2.63. The first-order chi connectivity index (χ1) is 12.3. The maximum Gasteiger partial charge on any atom is 0.416 e. The van der Waals surface area contributed by atoms with Crippen molar-refractivity contribution in [2.75, 3.05) is 18.8 Å². The molecule has 2 N–H and O–H groups in total. The predicted octanol–water partition coefficient (Wildman–Crippen LogP) is 3.78. The summed E-state index contributed by atoms with van der Waals surface area (Å²) in [6.45, 7) is 2.02.